The van der Waals surface area contributed by atoms with E-state index in [1.165, 1.54) is 0 Å². The van der Waals surface area contributed by atoms with Gasteiger partial charge in [0.25, 0.3) is 0 Å². The number of aromatic amines is 1. The van der Waals surface area contributed by atoms with Crippen molar-refractivity contribution >= 4 is 28.3 Å². The SMILES string of the molecule is COc1cccc2[nH]cc(C(=O)c3ccc(Cl)o3)c12. The Morgan fingerprint density at radius 2 is 2.16 bits per heavy atom. The first-order valence-corrected chi connectivity index (χ1v) is 6.02. The molecule has 0 bridgehead atoms. The zero-order valence-electron chi connectivity index (χ0n) is 10.1. The Labute approximate surface area is 113 Å². The Bertz CT molecular complexity index is 757. The van der Waals surface area contributed by atoms with Crippen molar-refractivity contribution in [2.75, 3.05) is 7.11 Å². The van der Waals surface area contributed by atoms with Crippen molar-refractivity contribution in [1.82, 2.24) is 4.98 Å². The lowest BCUT2D eigenvalue weighted by Gasteiger charge is -2.03. The van der Waals surface area contributed by atoms with E-state index >= 15 is 0 Å². The molecule has 3 rings (SSSR count). The minimum absolute atomic E-state index is 0.190. The smallest absolute Gasteiger partial charge is 0.230 e. The fraction of sp³-hybridized carbons (Fsp3) is 0.0714. The van der Waals surface area contributed by atoms with E-state index in [0.717, 1.165) is 10.9 Å². The average molecular weight is 276 g/mol. The van der Waals surface area contributed by atoms with Gasteiger partial charge < -0.3 is 14.1 Å². The number of H-pyrrole nitrogens is 1. The van der Waals surface area contributed by atoms with E-state index in [4.69, 9.17) is 20.8 Å². The zero-order chi connectivity index (χ0) is 13.4. The number of ether oxygens (including phenoxy) is 1. The average Bonchev–Trinajstić information content (AvgIpc) is 3.03. The number of furan rings is 1. The van der Waals surface area contributed by atoms with Crippen LogP contribution in [0.1, 0.15) is 16.1 Å². The number of hydrogen-bond donors (Lipinski definition) is 1. The van der Waals surface area contributed by atoms with Gasteiger partial charge in [-0.3, -0.25) is 4.79 Å². The van der Waals surface area contributed by atoms with Crippen LogP contribution in [0, 0.1) is 0 Å². The number of carbonyl (C=O) groups excluding carboxylic acids is 1. The predicted molar refractivity (Wildman–Crippen MR) is 72.0 cm³/mol. The van der Waals surface area contributed by atoms with Gasteiger partial charge in [0.1, 0.15) is 5.75 Å². The second-order valence-corrected chi connectivity index (χ2v) is 4.39. The molecule has 0 saturated carbocycles. The topological polar surface area (TPSA) is 55.2 Å². The summed E-state index contributed by atoms with van der Waals surface area (Å²) in [6.07, 6.45) is 1.64. The van der Waals surface area contributed by atoms with Crippen LogP contribution in [0.4, 0.5) is 0 Å². The van der Waals surface area contributed by atoms with Gasteiger partial charge in [0.15, 0.2) is 11.0 Å². The van der Waals surface area contributed by atoms with Crippen molar-refractivity contribution < 1.29 is 13.9 Å². The maximum atomic E-state index is 12.4. The molecule has 4 nitrogen and oxygen atoms in total. The third-order valence-electron chi connectivity index (χ3n) is 2.93. The van der Waals surface area contributed by atoms with Crippen LogP contribution in [0.5, 0.6) is 5.75 Å². The van der Waals surface area contributed by atoms with E-state index in [9.17, 15) is 4.79 Å². The van der Waals surface area contributed by atoms with E-state index in [-0.39, 0.29) is 16.8 Å². The molecule has 0 unspecified atom stereocenters. The molecule has 0 aliphatic rings. The maximum Gasteiger partial charge on any atom is 0.230 e. The molecule has 19 heavy (non-hydrogen) atoms. The number of benzene rings is 1. The Morgan fingerprint density at radius 3 is 2.84 bits per heavy atom. The molecule has 3 aromatic rings. The second kappa shape index (κ2) is 4.48. The van der Waals surface area contributed by atoms with Gasteiger partial charge in [-0.25, -0.2) is 0 Å². The molecule has 0 aliphatic carbocycles. The summed E-state index contributed by atoms with van der Waals surface area (Å²) in [6.45, 7) is 0. The van der Waals surface area contributed by atoms with Crippen molar-refractivity contribution in [2.24, 2.45) is 0 Å². The number of ketones is 1. The van der Waals surface area contributed by atoms with Gasteiger partial charge in [0.05, 0.1) is 18.1 Å². The number of halogens is 1. The van der Waals surface area contributed by atoms with Crippen LogP contribution in [0.3, 0.4) is 0 Å². The molecule has 0 aliphatic heterocycles. The number of fused-ring (bicyclic) bond motifs is 1. The van der Waals surface area contributed by atoms with Crippen molar-refractivity contribution in [2.45, 2.75) is 0 Å². The van der Waals surface area contributed by atoms with E-state index in [1.807, 2.05) is 18.2 Å². The van der Waals surface area contributed by atoms with E-state index < -0.39 is 0 Å². The molecular formula is C14H10ClNO3. The molecule has 1 aromatic carbocycles. The van der Waals surface area contributed by atoms with Gasteiger partial charge in [-0.2, -0.15) is 0 Å². The lowest BCUT2D eigenvalue weighted by atomic mass is 10.1. The van der Waals surface area contributed by atoms with Crippen molar-refractivity contribution in [3.8, 4) is 5.75 Å². The lowest BCUT2D eigenvalue weighted by Crippen LogP contribution is -1.99. The van der Waals surface area contributed by atoms with Crippen LogP contribution >= 0.6 is 11.6 Å². The number of nitrogens with one attached hydrogen (secondary N) is 1. The normalized spacial score (nSPS) is 10.8. The van der Waals surface area contributed by atoms with Gasteiger partial charge in [-0.15, -0.1) is 0 Å². The molecule has 96 valence electrons. The quantitative estimate of drug-likeness (QED) is 0.742. The van der Waals surface area contributed by atoms with Crippen LogP contribution in [0.25, 0.3) is 10.9 Å². The molecule has 0 spiro atoms. The first kappa shape index (κ1) is 11.9. The third kappa shape index (κ3) is 1.90. The minimum atomic E-state index is -0.234. The van der Waals surface area contributed by atoms with Crippen molar-refractivity contribution in [3.63, 3.8) is 0 Å². The highest BCUT2D eigenvalue weighted by molar-refractivity contribution is 6.29. The predicted octanol–water partition coefficient (Wildman–Crippen LogP) is 3.65. The molecule has 1 N–H and O–H groups in total. The van der Waals surface area contributed by atoms with E-state index in [2.05, 4.69) is 4.98 Å². The second-order valence-electron chi connectivity index (χ2n) is 4.02. The number of carbonyl (C=O) groups is 1. The summed E-state index contributed by atoms with van der Waals surface area (Å²) in [6, 6.07) is 8.64. The lowest BCUT2D eigenvalue weighted by molar-refractivity contribution is 0.101. The molecule has 0 atom stereocenters. The van der Waals surface area contributed by atoms with Crippen molar-refractivity contribution in [3.05, 3.63) is 53.1 Å². The van der Waals surface area contributed by atoms with Crippen LogP contribution in [-0.4, -0.2) is 17.9 Å². The Balaban J connectivity index is 2.18. The minimum Gasteiger partial charge on any atom is -0.496 e. The summed E-state index contributed by atoms with van der Waals surface area (Å²) >= 11 is 5.69. The van der Waals surface area contributed by atoms with Crippen LogP contribution in [-0.2, 0) is 0 Å². The van der Waals surface area contributed by atoms with Gasteiger partial charge in [-0.05, 0) is 35.9 Å². The number of methoxy groups -OCH3 is 1. The van der Waals surface area contributed by atoms with Gasteiger partial charge >= 0.3 is 0 Å². The highest BCUT2D eigenvalue weighted by Crippen LogP contribution is 2.30. The Kier molecular flexibility index (Phi) is 2.80. The van der Waals surface area contributed by atoms with Crippen LogP contribution in [0.15, 0.2) is 40.9 Å². The molecule has 2 heterocycles. The fourth-order valence-corrected chi connectivity index (χ4v) is 2.22. The van der Waals surface area contributed by atoms with Gasteiger partial charge in [0, 0.05) is 11.7 Å². The molecule has 0 amide bonds. The van der Waals surface area contributed by atoms with Crippen LogP contribution in [0.2, 0.25) is 5.22 Å². The number of hydrogen-bond acceptors (Lipinski definition) is 3. The van der Waals surface area contributed by atoms with Crippen LogP contribution < -0.4 is 4.74 Å². The highest BCUT2D eigenvalue weighted by Gasteiger charge is 2.19. The fourth-order valence-electron chi connectivity index (χ4n) is 2.07. The maximum absolute atomic E-state index is 12.4. The summed E-state index contributed by atoms with van der Waals surface area (Å²) in [5, 5.41) is 0.928. The summed E-state index contributed by atoms with van der Waals surface area (Å²) in [4.78, 5) is 15.4. The Hall–Kier alpha value is -2.20. The highest BCUT2D eigenvalue weighted by atomic mass is 35.5. The van der Waals surface area contributed by atoms with E-state index in [0.29, 0.717) is 11.3 Å². The summed E-state index contributed by atoms with van der Waals surface area (Å²) < 4.78 is 10.4. The summed E-state index contributed by atoms with van der Waals surface area (Å²) in [5.74, 6) is 0.610. The standard InChI is InChI=1S/C14H10ClNO3/c1-18-10-4-2-3-9-13(10)8(7-16-9)14(17)11-5-6-12(15)19-11/h2-7,16H,1H3. The summed E-state index contributed by atoms with van der Waals surface area (Å²) in [7, 11) is 1.57. The number of rotatable bonds is 3. The van der Waals surface area contributed by atoms with Gasteiger partial charge in [0.2, 0.25) is 5.78 Å². The molecular weight excluding hydrogens is 266 g/mol. The first-order valence-electron chi connectivity index (χ1n) is 5.65. The Morgan fingerprint density at radius 1 is 1.32 bits per heavy atom. The zero-order valence-corrected chi connectivity index (χ0v) is 10.8. The monoisotopic (exact) mass is 275 g/mol. The third-order valence-corrected chi connectivity index (χ3v) is 3.13. The first-order chi connectivity index (χ1) is 9.20. The largest absolute Gasteiger partial charge is 0.496 e. The molecule has 0 fully saturated rings. The van der Waals surface area contributed by atoms with E-state index in [1.54, 1.807) is 25.4 Å². The summed E-state index contributed by atoms with van der Waals surface area (Å²) in [5.41, 5.74) is 1.33. The molecule has 0 saturated heterocycles. The van der Waals surface area contributed by atoms with Gasteiger partial charge in [-0.1, -0.05) is 6.07 Å². The number of aromatic nitrogens is 1. The molecule has 5 heteroatoms. The van der Waals surface area contributed by atoms with Crippen molar-refractivity contribution in [1.29, 1.82) is 0 Å². The molecule has 2 aromatic heterocycles. The molecule has 0 radical (unpaired) electrons.